The van der Waals surface area contributed by atoms with E-state index in [9.17, 15) is 4.79 Å². The molecule has 4 heteroatoms. The van der Waals surface area contributed by atoms with E-state index in [1.54, 1.807) is 0 Å². The highest BCUT2D eigenvalue weighted by atomic mass is 16.4. The number of nitrogens with zero attached hydrogens (tertiary/aromatic N) is 2. The Morgan fingerprint density at radius 1 is 1.47 bits per heavy atom. The Morgan fingerprint density at radius 2 is 2.13 bits per heavy atom. The van der Waals surface area contributed by atoms with Gasteiger partial charge in [-0.15, -0.1) is 0 Å². The molecule has 88 valence electrons. The Hall–Kier alpha value is -0.610. The van der Waals surface area contributed by atoms with Crippen molar-refractivity contribution >= 4 is 5.97 Å². The molecule has 1 atom stereocenters. The molecule has 15 heavy (non-hydrogen) atoms. The van der Waals surface area contributed by atoms with Crippen molar-refractivity contribution in [1.29, 1.82) is 0 Å². The zero-order chi connectivity index (χ0) is 11.4. The molecule has 1 heterocycles. The van der Waals surface area contributed by atoms with Gasteiger partial charge in [-0.2, -0.15) is 0 Å². The van der Waals surface area contributed by atoms with Gasteiger partial charge in [0.25, 0.3) is 0 Å². The summed E-state index contributed by atoms with van der Waals surface area (Å²) in [5, 5.41) is 8.74. The van der Waals surface area contributed by atoms with Crippen molar-refractivity contribution in [2.75, 3.05) is 32.7 Å². The van der Waals surface area contributed by atoms with Crippen molar-refractivity contribution in [1.82, 2.24) is 9.80 Å². The van der Waals surface area contributed by atoms with E-state index in [2.05, 4.69) is 25.7 Å². The third-order valence-corrected chi connectivity index (χ3v) is 2.81. The van der Waals surface area contributed by atoms with Gasteiger partial charge in [-0.25, -0.2) is 0 Å². The van der Waals surface area contributed by atoms with E-state index in [1.165, 1.54) is 0 Å². The molecule has 0 aliphatic carbocycles. The van der Waals surface area contributed by atoms with Crippen LogP contribution in [-0.4, -0.2) is 59.6 Å². The second-order valence-corrected chi connectivity index (χ2v) is 4.87. The van der Waals surface area contributed by atoms with Gasteiger partial charge in [0.1, 0.15) is 0 Å². The van der Waals surface area contributed by atoms with Crippen molar-refractivity contribution in [3.8, 4) is 0 Å². The first-order chi connectivity index (χ1) is 6.99. The van der Waals surface area contributed by atoms with Gasteiger partial charge in [0, 0.05) is 32.2 Å². The molecule has 0 saturated carbocycles. The van der Waals surface area contributed by atoms with Crippen LogP contribution in [0.1, 0.15) is 20.8 Å². The van der Waals surface area contributed by atoms with Crippen LogP contribution in [0.25, 0.3) is 0 Å². The summed E-state index contributed by atoms with van der Waals surface area (Å²) in [6, 6.07) is 0.355. The number of carboxylic acids is 1. The smallest absolute Gasteiger partial charge is 0.317 e. The molecular formula is C11H22N2O2. The summed E-state index contributed by atoms with van der Waals surface area (Å²) < 4.78 is 0. The van der Waals surface area contributed by atoms with E-state index in [-0.39, 0.29) is 6.54 Å². The van der Waals surface area contributed by atoms with Gasteiger partial charge in [0.2, 0.25) is 0 Å². The maximum absolute atomic E-state index is 10.6. The standard InChI is InChI=1S/C11H22N2O2/c1-9(2)6-12-4-5-13(8-11(14)15)10(3)7-12/h9-10H,4-8H2,1-3H3,(H,14,15)/t10-/m1/s1. The summed E-state index contributed by atoms with van der Waals surface area (Å²) >= 11 is 0. The minimum atomic E-state index is -0.723. The Kier molecular flexibility index (Phi) is 4.54. The van der Waals surface area contributed by atoms with E-state index >= 15 is 0 Å². The van der Waals surface area contributed by atoms with Crippen molar-refractivity contribution in [2.24, 2.45) is 5.92 Å². The Bertz CT molecular complexity index is 219. The van der Waals surface area contributed by atoms with Crippen LogP contribution in [-0.2, 0) is 4.79 Å². The Morgan fingerprint density at radius 3 is 2.60 bits per heavy atom. The zero-order valence-corrected chi connectivity index (χ0v) is 9.94. The average Bonchev–Trinajstić information content (AvgIpc) is 2.08. The van der Waals surface area contributed by atoms with Crippen molar-refractivity contribution < 1.29 is 9.90 Å². The average molecular weight is 214 g/mol. The maximum atomic E-state index is 10.6. The number of rotatable bonds is 4. The summed E-state index contributed by atoms with van der Waals surface area (Å²) in [5.41, 5.74) is 0. The Labute approximate surface area is 91.9 Å². The highest BCUT2D eigenvalue weighted by Crippen LogP contribution is 2.10. The van der Waals surface area contributed by atoms with E-state index in [0.29, 0.717) is 12.0 Å². The van der Waals surface area contributed by atoms with Crippen LogP contribution in [0.3, 0.4) is 0 Å². The van der Waals surface area contributed by atoms with Crippen molar-refractivity contribution in [2.45, 2.75) is 26.8 Å². The minimum Gasteiger partial charge on any atom is -0.480 e. The highest BCUT2D eigenvalue weighted by Gasteiger charge is 2.24. The van der Waals surface area contributed by atoms with Gasteiger partial charge in [0.15, 0.2) is 0 Å². The SMILES string of the molecule is CC(C)CN1CCN(CC(=O)O)[C@H](C)C1. The summed E-state index contributed by atoms with van der Waals surface area (Å²) in [6.45, 7) is 10.7. The van der Waals surface area contributed by atoms with Crippen LogP contribution in [0, 0.1) is 5.92 Å². The lowest BCUT2D eigenvalue weighted by molar-refractivity contribution is -0.139. The molecule has 4 nitrogen and oxygen atoms in total. The molecule has 0 aromatic heterocycles. The first-order valence-corrected chi connectivity index (χ1v) is 5.67. The molecule has 0 aromatic rings. The molecule has 0 radical (unpaired) electrons. The molecule has 1 aliphatic rings. The monoisotopic (exact) mass is 214 g/mol. The van der Waals surface area contributed by atoms with Crippen LogP contribution >= 0.6 is 0 Å². The fourth-order valence-electron chi connectivity index (χ4n) is 2.16. The molecule has 1 fully saturated rings. The van der Waals surface area contributed by atoms with E-state index in [4.69, 9.17) is 5.11 Å². The normalized spacial score (nSPS) is 24.7. The minimum absolute atomic E-state index is 0.177. The van der Waals surface area contributed by atoms with Crippen molar-refractivity contribution in [3.63, 3.8) is 0 Å². The first kappa shape index (κ1) is 12.5. The van der Waals surface area contributed by atoms with Gasteiger partial charge in [-0.3, -0.25) is 9.69 Å². The van der Waals surface area contributed by atoms with Gasteiger partial charge in [0.05, 0.1) is 6.54 Å². The van der Waals surface area contributed by atoms with Crippen LogP contribution in [0.15, 0.2) is 0 Å². The van der Waals surface area contributed by atoms with E-state index in [1.807, 2.05) is 4.90 Å². The lowest BCUT2D eigenvalue weighted by Gasteiger charge is -2.39. The number of hydrogen-bond acceptors (Lipinski definition) is 3. The number of hydrogen-bond donors (Lipinski definition) is 1. The third kappa shape index (κ3) is 4.18. The molecule has 0 amide bonds. The van der Waals surface area contributed by atoms with E-state index in [0.717, 1.165) is 26.2 Å². The van der Waals surface area contributed by atoms with Crippen LogP contribution in [0.5, 0.6) is 0 Å². The fraction of sp³-hybridized carbons (Fsp3) is 0.909. The maximum Gasteiger partial charge on any atom is 0.317 e. The lowest BCUT2D eigenvalue weighted by Crippen LogP contribution is -2.53. The molecular weight excluding hydrogens is 192 g/mol. The molecule has 1 N–H and O–H groups in total. The molecule has 0 bridgehead atoms. The predicted octanol–water partition coefficient (Wildman–Crippen LogP) is 0.733. The largest absolute Gasteiger partial charge is 0.480 e. The zero-order valence-electron chi connectivity index (χ0n) is 9.94. The van der Waals surface area contributed by atoms with Gasteiger partial charge >= 0.3 is 5.97 Å². The van der Waals surface area contributed by atoms with Crippen LogP contribution < -0.4 is 0 Å². The van der Waals surface area contributed by atoms with E-state index < -0.39 is 5.97 Å². The topological polar surface area (TPSA) is 43.8 Å². The van der Waals surface area contributed by atoms with Gasteiger partial charge in [-0.05, 0) is 12.8 Å². The molecule has 1 rings (SSSR count). The number of aliphatic carboxylic acids is 1. The van der Waals surface area contributed by atoms with Crippen molar-refractivity contribution in [3.05, 3.63) is 0 Å². The van der Waals surface area contributed by atoms with Gasteiger partial charge in [-0.1, -0.05) is 13.8 Å². The molecule has 0 unspecified atom stereocenters. The lowest BCUT2D eigenvalue weighted by atomic mass is 10.1. The quantitative estimate of drug-likeness (QED) is 0.749. The van der Waals surface area contributed by atoms with Crippen LogP contribution in [0.2, 0.25) is 0 Å². The second kappa shape index (κ2) is 5.47. The third-order valence-electron chi connectivity index (χ3n) is 2.81. The van der Waals surface area contributed by atoms with Gasteiger partial charge < -0.3 is 10.0 Å². The molecule has 0 spiro atoms. The second-order valence-electron chi connectivity index (χ2n) is 4.87. The molecule has 1 saturated heterocycles. The van der Waals surface area contributed by atoms with Crippen LogP contribution in [0.4, 0.5) is 0 Å². The summed E-state index contributed by atoms with van der Waals surface area (Å²) in [5.74, 6) is -0.0395. The molecule has 0 aromatic carbocycles. The summed E-state index contributed by atoms with van der Waals surface area (Å²) in [7, 11) is 0. The summed E-state index contributed by atoms with van der Waals surface area (Å²) in [6.07, 6.45) is 0. The first-order valence-electron chi connectivity index (χ1n) is 5.67. The predicted molar refractivity (Wildman–Crippen MR) is 59.9 cm³/mol. The molecule has 1 aliphatic heterocycles. The Balaban J connectivity index is 2.37. The highest BCUT2D eigenvalue weighted by molar-refractivity contribution is 5.69. The number of carboxylic acid groups (broad SMARTS) is 1. The number of piperazine rings is 1. The fourth-order valence-corrected chi connectivity index (χ4v) is 2.16. The summed E-state index contributed by atoms with van der Waals surface area (Å²) in [4.78, 5) is 15.1. The number of carbonyl (C=O) groups is 1.